The SMILES string of the molecule is C[C@]12CCC3C(CC[C@H]4CCCC[C@]34C)C1CC/C2=N\NC=O. The zero-order valence-electron chi connectivity index (χ0n) is 14.8. The summed E-state index contributed by atoms with van der Waals surface area (Å²) >= 11 is 0. The summed E-state index contributed by atoms with van der Waals surface area (Å²) in [5.41, 5.74) is 4.71. The zero-order valence-corrected chi connectivity index (χ0v) is 14.8. The minimum atomic E-state index is 0.245. The number of hydrazone groups is 1. The van der Waals surface area contributed by atoms with Gasteiger partial charge in [0.2, 0.25) is 6.41 Å². The van der Waals surface area contributed by atoms with Crippen molar-refractivity contribution in [1.29, 1.82) is 0 Å². The predicted molar refractivity (Wildman–Crippen MR) is 93.0 cm³/mol. The van der Waals surface area contributed by atoms with Crippen molar-refractivity contribution >= 4 is 12.1 Å². The van der Waals surface area contributed by atoms with Crippen molar-refractivity contribution in [2.75, 3.05) is 0 Å². The van der Waals surface area contributed by atoms with E-state index in [1.807, 2.05) is 0 Å². The molecule has 3 unspecified atom stereocenters. The summed E-state index contributed by atoms with van der Waals surface area (Å²) in [5, 5.41) is 4.43. The third-order valence-corrected chi connectivity index (χ3v) is 8.58. The van der Waals surface area contributed by atoms with Crippen LogP contribution in [-0.4, -0.2) is 12.1 Å². The van der Waals surface area contributed by atoms with Crippen LogP contribution in [0.4, 0.5) is 0 Å². The molecule has 0 saturated heterocycles. The van der Waals surface area contributed by atoms with E-state index < -0.39 is 0 Å². The summed E-state index contributed by atoms with van der Waals surface area (Å²) in [4.78, 5) is 10.6. The highest BCUT2D eigenvalue weighted by molar-refractivity contribution is 5.92. The van der Waals surface area contributed by atoms with Crippen LogP contribution in [-0.2, 0) is 4.79 Å². The molecule has 0 spiro atoms. The molecule has 1 N–H and O–H groups in total. The second kappa shape index (κ2) is 5.60. The van der Waals surface area contributed by atoms with Crippen molar-refractivity contribution in [2.45, 2.75) is 78.1 Å². The highest BCUT2D eigenvalue weighted by Gasteiger charge is 2.58. The molecule has 4 aliphatic carbocycles. The van der Waals surface area contributed by atoms with E-state index in [9.17, 15) is 4.79 Å². The van der Waals surface area contributed by atoms with Gasteiger partial charge in [-0.25, -0.2) is 5.43 Å². The number of fused-ring (bicyclic) bond motifs is 5. The van der Waals surface area contributed by atoms with Crippen LogP contribution in [0.5, 0.6) is 0 Å². The van der Waals surface area contributed by atoms with Crippen LogP contribution in [0.1, 0.15) is 78.1 Å². The van der Waals surface area contributed by atoms with E-state index in [0.717, 1.165) is 30.1 Å². The second-order valence-electron chi connectivity index (χ2n) is 9.20. The standard InChI is InChI=1S/C20H32N2O/c1-19-11-4-3-5-14(19)6-7-15-16-8-9-18(22-21-13-23)20(16,2)12-10-17(15)19/h13-17H,3-12H2,1-2H3,(H,21,23)/b22-18+/t14-,15?,16?,17?,19+,20+/m1/s1. The molecule has 0 aromatic carbocycles. The molecule has 4 rings (SSSR count). The molecule has 0 aromatic rings. The Kier molecular flexibility index (Phi) is 3.81. The molecule has 6 atom stereocenters. The fourth-order valence-corrected chi connectivity index (χ4v) is 7.37. The lowest BCUT2D eigenvalue weighted by Gasteiger charge is -2.59. The number of nitrogens with one attached hydrogen (secondary N) is 1. The van der Waals surface area contributed by atoms with Gasteiger partial charge in [-0.1, -0.05) is 26.7 Å². The van der Waals surface area contributed by atoms with E-state index >= 15 is 0 Å². The van der Waals surface area contributed by atoms with Gasteiger partial charge >= 0.3 is 0 Å². The van der Waals surface area contributed by atoms with Crippen molar-refractivity contribution in [3.63, 3.8) is 0 Å². The van der Waals surface area contributed by atoms with Gasteiger partial charge in [-0.15, -0.1) is 0 Å². The maximum Gasteiger partial charge on any atom is 0.227 e. The zero-order chi connectivity index (χ0) is 16.1. The Morgan fingerprint density at radius 1 is 1.04 bits per heavy atom. The molecule has 23 heavy (non-hydrogen) atoms. The first kappa shape index (κ1) is 15.7. The fourth-order valence-electron chi connectivity index (χ4n) is 7.37. The van der Waals surface area contributed by atoms with Gasteiger partial charge in [-0.2, -0.15) is 5.10 Å². The van der Waals surface area contributed by atoms with E-state index in [-0.39, 0.29) is 5.41 Å². The first-order chi connectivity index (χ1) is 11.1. The summed E-state index contributed by atoms with van der Waals surface area (Å²) in [7, 11) is 0. The molecular weight excluding hydrogens is 284 g/mol. The normalized spacial score (nSPS) is 50.8. The predicted octanol–water partition coefficient (Wildman–Crippen LogP) is 4.52. The number of nitrogens with zero attached hydrogens (tertiary/aromatic N) is 1. The van der Waals surface area contributed by atoms with Crippen LogP contribution in [0.25, 0.3) is 0 Å². The molecule has 4 aliphatic rings. The van der Waals surface area contributed by atoms with E-state index in [0.29, 0.717) is 11.8 Å². The van der Waals surface area contributed by atoms with Crippen molar-refractivity contribution in [3.05, 3.63) is 0 Å². The molecule has 0 bridgehead atoms. The number of hydrogen-bond acceptors (Lipinski definition) is 2. The van der Waals surface area contributed by atoms with Crippen LogP contribution >= 0.6 is 0 Å². The van der Waals surface area contributed by atoms with Gasteiger partial charge in [0.25, 0.3) is 0 Å². The number of hydrogen-bond donors (Lipinski definition) is 1. The first-order valence-electron chi connectivity index (χ1n) is 9.86. The Bertz CT molecular complexity index is 516. The summed E-state index contributed by atoms with van der Waals surface area (Å²) in [6, 6.07) is 0. The maximum atomic E-state index is 10.6. The van der Waals surface area contributed by atoms with Gasteiger partial charge in [-0.05, 0) is 80.5 Å². The van der Waals surface area contributed by atoms with Gasteiger partial charge < -0.3 is 0 Å². The molecule has 0 heterocycles. The third-order valence-electron chi connectivity index (χ3n) is 8.58. The molecular formula is C20H32N2O. The lowest BCUT2D eigenvalue weighted by Crippen LogP contribution is -2.52. The fraction of sp³-hybridized carbons (Fsp3) is 0.900. The Morgan fingerprint density at radius 2 is 1.91 bits per heavy atom. The summed E-state index contributed by atoms with van der Waals surface area (Å²) < 4.78 is 0. The van der Waals surface area contributed by atoms with Gasteiger partial charge in [0.15, 0.2) is 0 Å². The molecule has 4 fully saturated rings. The molecule has 128 valence electrons. The Hall–Kier alpha value is -0.860. The smallest absolute Gasteiger partial charge is 0.227 e. The molecule has 4 saturated carbocycles. The topological polar surface area (TPSA) is 41.5 Å². The molecule has 0 radical (unpaired) electrons. The molecule has 1 amide bonds. The minimum Gasteiger partial charge on any atom is -0.277 e. The van der Waals surface area contributed by atoms with Crippen molar-refractivity contribution < 1.29 is 4.79 Å². The van der Waals surface area contributed by atoms with Gasteiger partial charge in [0, 0.05) is 11.1 Å². The third kappa shape index (κ3) is 2.21. The van der Waals surface area contributed by atoms with Crippen LogP contribution in [0.15, 0.2) is 5.10 Å². The van der Waals surface area contributed by atoms with Gasteiger partial charge in [-0.3, -0.25) is 4.79 Å². The first-order valence-corrected chi connectivity index (χ1v) is 9.86. The lowest BCUT2D eigenvalue weighted by atomic mass is 9.45. The van der Waals surface area contributed by atoms with Gasteiger partial charge in [0.1, 0.15) is 0 Å². The van der Waals surface area contributed by atoms with E-state index in [2.05, 4.69) is 24.4 Å². The molecule has 0 aromatic heterocycles. The number of carbonyl (C=O) groups excluding carboxylic acids is 1. The molecule has 0 aliphatic heterocycles. The average molecular weight is 316 g/mol. The summed E-state index contributed by atoms with van der Waals surface area (Å²) in [6.07, 6.45) is 14.5. The molecule has 3 heteroatoms. The van der Waals surface area contributed by atoms with E-state index in [1.165, 1.54) is 63.5 Å². The molecule has 3 nitrogen and oxygen atoms in total. The Balaban J connectivity index is 1.61. The quantitative estimate of drug-likeness (QED) is 0.590. The van der Waals surface area contributed by atoms with Crippen LogP contribution < -0.4 is 5.43 Å². The number of carbonyl (C=O) groups is 1. The monoisotopic (exact) mass is 316 g/mol. The van der Waals surface area contributed by atoms with E-state index in [1.54, 1.807) is 0 Å². The number of rotatable bonds is 2. The Labute approximate surface area is 140 Å². The minimum absolute atomic E-state index is 0.245. The lowest BCUT2D eigenvalue weighted by molar-refractivity contribution is -0.109. The van der Waals surface area contributed by atoms with Crippen LogP contribution in [0.3, 0.4) is 0 Å². The van der Waals surface area contributed by atoms with Crippen molar-refractivity contribution in [1.82, 2.24) is 5.43 Å². The maximum absolute atomic E-state index is 10.6. The van der Waals surface area contributed by atoms with Crippen LogP contribution in [0, 0.1) is 34.5 Å². The van der Waals surface area contributed by atoms with E-state index in [4.69, 9.17) is 0 Å². The van der Waals surface area contributed by atoms with Gasteiger partial charge in [0.05, 0.1) is 0 Å². The number of amides is 1. The highest BCUT2D eigenvalue weighted by atomic mass is 16.1. The highest BCUT2D eigenvalue weighted by Crippen LogP contribution is 2.65. The average Bonchev–Trinajstić information content (AvgIpc) is 2.89. The van der Waals surface area contributed by atoms with Crippen molar-refractivity contribution in [2.24, 2.45) is 39.6 Å². The second-order valence-corrected chi connectivity index (χ2v) is 9.20. The Morgan fingerprint density at radius 3 is 2.74 bits per heavy atom. The summed E-state index contributed by atoms with van der Waals surface area (Å²) in [5.74, 6) is 3.64. The largest absolute Gasteiger partial charge is 0.277 e. The summed E-state index contributed by atoms with van der Waals surface area (Å²) in [6.45, 7) is 5.07. The van der Waals surface area contributed by atoms with Crippen LogP contribution in [0.2, 0.25) is 0 Å². The van der Waals surface area contributed by atoms with Crippen molar-refractivity contribution in [3.8, 4) is 0 Å².